The van der Waals surface area contributed by atoms with Gasteiger partial charge in [-0.25, -0.2) is 0 Å². The van der Waals surface area contributed by atoms with Gasteiger partial charge in [-0.15, -0.1) is 0 Å². The largest absolute Gasteiger partial charge is 0.388 e. The zero-order valence-corrected chi connectivity index (χ0v) is 10.9. The van der Waals surface area contributed by atoms with E-state index in [0.717, 1.165) is 36.5 Å². The summed E-state index contributed by atoms with van der Waals surface area (Å²) in [5.41, 5.74) is 2.00. The highest BCUT2D eigenvalue weighted by Gasteiger charge is 2.21. The Morgan fingerprint density at radius 1 is 1.26 bits per heavy atom. The Bertz CT molecular complexity index is 530. The molecule has 1 saturated heterocycles. The van der Waals surface area contributed by atoms with Gasteiger partial charge in [-0.1, -0.05) is 5.16 Å². The van der Waals surface area contributed by atoms with E-state index in [9.17, 15) is 0 Å². The van der Waals surface area contributed by atoms with E-state index in [1.54, 1.807) is 0 Å². The summed E-state index contributed by atoms with van der Waals surface area (Å²) in [6.07, 6.45) is 2.13. The van der Waals surface area contributed by atoms with Gasteiger partial charge in [0, 0.05) is 30.8 Å². The Morgan fingerprint density at radius 3 is 2.79 bits per heavy atom. The number of aromatic nitrogens is 2. The van der Waals surface area contributed by atoms with Gasteiger partial charge in [0.1, 0.15) is 0 Å². The maximum atomic E-state index is 5.45. The molecule has 0 aliphatic carbocycles. The maximum absolute atomic E-state index is 5.45. The fourth-order valence-corrected chi connectivity index (χ4v) is 2.24. The van der Waals surface area contributed by atoms with Crippen molar-refractivity contribution in [2.24, 2.45) is 0 Å². The molecule has 0 spiro atoms. The van der Waals surface area contributed by atoms with Crippen LogP contribution in [0.1, 0.15) is 24.6 Å². The van der Waals surface area contributed by atoms with Crippen molar-refractivity contribution in [1.29, 1.82) is 0 Å². The molecule has 1 unspecified atom stereocenters. The molecule has 0 amide bonds. The highest BCUT2D eigenvalue weighted by Crippen LogP contribution is 2.26. The lowest BCUT2D eigenvalue weighted by molar-refractivity contribution is 0.0773. The van der Waals surface area contributed by atoms with Crippen molar-refractivity contribution in [2.45, 2.75) is 18.8 Å². The van der Waals surface area contributed by atoms with Crippen molar-refractivity contribution in [1.82, 2.24) is 10.1 Å². The van der Waals surface area contributed by atoms with Crippen molar-refractivity contribution in [3.63, 3.8) is 0 Å². The molecule has 1 aromatic carbocycles. The number of hydrogen-bond acceptors (Lipinski definition) is 5. The van der Waals surface area contributed by atoms with Crippen LogP contribution in [-0.2, 0) is 4.74 Å². The van der Waals surface area contributed by atoms with Crippen LogP contribution < -0.4 is 5.32 Å². The summed E-state index contributed by atoms with van der Waals surface area (Å²) in [5, 5.41) is 7.16. The van der Waals surface area contributed by atoms with Crippen LogP contribution in [-0.4, -0.2) is 30.4 Å². The van der Waals surface area contributed by atoms with E-state index in [2.05, 4.69) is 15.5 Å². The quantitative estimate of drug-likeness (QED) is 0.918. The van der Waals surface area contributed by atoms with Gasteiger partial charge in [0.05, 0.1) is 6.61 Å². The molecule has 0 bridgehead atoms. The number of nitrogens with one attached hydrogen (secondary N) is 1. The lowest BCUT2D eigenvalue weighted by Crippen LogP contribution is -2.16. The van der Waals surface area contributed by atoms with Crippen LogP contribution in [0.4, 0.5) is 5.69 Å². The summed E-state index contributed by atoms with van der Waals surface area (Å²) >= 11 is 0. The van der Waals surface area contributed by atoms with E-state index < -0.39 is 0 Å². The minimum Gasteiger partial charge on any atom is -0.388 e. The van der Waals surface area contributed by atoms with Crippen molar-refractivity contribution in [2.75, 3.05) is 25.6 Å². The van der Waals surface area contributed by atoms with Crippen LogP contribution in [0.5, 0.6) is 0 Å². The van der Waals surface area contributed by atoms with Crippen LogP contribution in [0, 0.1) is 0 Å². The van der Waals surface area contributed by atoms with Gasteiger partial charge >= 0.3 is 0 Å². The molecule has 5 nitrogen and oxygen atoms in total. The Hall–Kier alpha value is -1.88. The zero-order valence-electron chi connectivity index (χ0n) is 10.9. The van der Waals surface area contributed by atoms with Gasteiger partial charge in [-0.2, -0.15) is 4.98 Å². The molecule has 1 N–H and O–H groups in total. The molecule has 3 rings (SSSR count). The first-order valence-corrected chi connectivity index (χ1v) is 6.56. The molecule has 100 valence electrons. The van der Waals surface area contributed by atoms with E-state index >= 15 is 0 Å². The molecule has 1 aliphatic heterocycles. The number of nitrogens with zero attached hydrogens (tertiary/aromatic N) is 2. The standard InChI is InChI=1S/C14H17N3O2/c1-15-12-6-4-10(5-7-12)14-16-13(17-19-14)11-3-2-8-18-9-11/h4-7,11,15H,2-3,8-9H2,1H3. The van der Waals surface area contributed by atoms with Crippen molar-refractivity contribution in [3.8, 4) is 11.5 Å². The minimum absolute atomic E-state index is 0.267. The molecule has 1 aromatic heterocycles. The fourth-order valence-electron chi connectivity index (χ4n) is 2.24. The molecule has 2 aromatic rings. The Labute approximate surface area is 112 Å². The normalized spacial score (nSPS) is 19.3. The van der Waals surface area contributed by atoms with Gasteiger partial charge < -0.3 is 14.6 Å². The third kappa shape index (κ3) is 2.61. The topological polar surface area (TPSA) is 60.2 Å². The Kier molecular flexibility index (Phi) is 3.46. The molecule has 1 fully saturated rings. The number of anilines is 1. The van der Waals surface area contributed by atoms with Gasteiger partial charge in [0.2, 0.25) is 0 Å². The number of hydrogen-bond donors (Lipinski definition) is 1. The van der Waals surface area contributed by atoms with E-state index in [4.69, 9.17) is 9.26 Å². The summed E-state index contributed by atoms with van der Waals surface area (Å²) in [7, 11) is 1.89. The molecular weight excluding hydrogens is 242 g/mol. The van der Waals surface area contributed by atoms with E-state index in [1.165, 1.54) is 0 Å². The number of benzene rings is 1. The molecule has 0 radical (unpaired) electrons. The van der Waals surface area contributed by atoms with Crippen LogP contribution in [0.2, 0.25) is 0 Å². The molecule has 19 heavy (non-hydrogen) atoms. The first-order chi connectivity index (χ1) is 9.36. The van der Waals surface area contributed by atoms with E-state index in [1.807, 2.05) is 31.3 Å². The monoisotopic (exact) mass is 259 g/mol. The predicted octanol–water partition coefficient (Wildman–Crippen LogP) is 2.67. The van der Waals surface area contributed by atoms with Crippen LogP contribution >= 0.6 is 0 Å². The second-order valence-electron chi connectivity index (χ2n) is 4.70. The van der Waals surface area contributed by atoms with E-state index in [0.29, 0.717) is 12.5 Å². The lowest BCUT2D eigenvalue weighted by atomic mass is 10.0. The predicted molar refractivity (Wildman–Crippen MR) is 72.1 cm³/mol. The zero-order chi connectivity index (χ0) is 13.1. The molecule has 1 atom stereocenters. The summed E-state index contributed by atoms with van der Waals surface area (Å²) in [5.74, 6) is 1.60. The highest BCUT2D eigenvalue weighted by atomic mass is 16.5. The van der Waals surface area contributed by atoms with Crippen LogP contribution in [0.15, 0.2) is 28.8 Å². The van der Waals surface area contributed by atoms with E-state index in [-0.39, 0.29) is 5.92 Å². The van der Waals surface area contributed by atoms with Gasteiger partial charge in [-0.3, -0.25) is 0 Å². The van der Waals surface area contributed by atoms with Gasteiger partial charge in [-0.05, 0) is 37.1 Å². The smallest absolute Gasteiger partial charge is 0.257 e. The third-order valence-corrected chi connectivity index (χ3v) is 3.39. The summed E-state index contributed by atoms with van der Waals surface area (Å²) < 4.78 is 10.8. The summed E-state index contributed by atoms with van der Waals surface area (Å²) in [6.45, 7) is 1.53. The van der Waals surface area contributed by atoms with Crippen molar-refractivity contribution in [3.05, 3.63) is 30.1 Å². The van der Waals surface area contributed by atoms with Crippen LogP contribution in [0.25, 0.3) is 11.5 Å². The number of rotatable bonds is 3. The average molecular weight is 259 g/mol. The molecule has 2 heterocycles. The first-order valence-electron chi connectivity index (χ1n) is 6.56. The minimum atomic E-state index is 0.267. The molecule has 5 heteroatoms. The molecule has 0 saturated carbocycles. The van der Waals surface area contributed by atoms with Crippen molar-refractivity contribution >= 4 is 5.69 Å². The second-order valence-corrected chi connectivity index (χ2v) is 4.70. The first kappa shape index (κ1) is 12.2. The molecular formula is C14H17N3O2. The van der Waals surface area contributed by atoms with Crippen LogP contribution in [0.3, 0.4) is 0 Å². The third-order valence-electron chi connectivity index (χ3n) is 3.39. The maximum Gasteiger partial charge on any atom is 0.257 e. The van der Waals surface area contributed by atoms with Gasteiger partial charge in [0.25, 0.3) is 5.89 Å². The Balaban J connectivity index is 1.79. The molecule has 1 aliphatic rings. The Morgan fingerprint density at radius 2 is 2.11 bits per heavy atom. The fraction of sp³-hybridized carbons (Fsp3) is 0.429. The SMILES string of the molecule is CNc1ccc(-c2nc(C3CCCOC3)no2)cc1. The summed E-state index contributed by atoms with van der Waals surface area (Å²) in [6, 6.07) is 7.92. The highest BCUT2D eigenvalue weighted by molar-refractivity contribution is 5.58. The van der Waals surface area contributed by atoms with Gasteiger partial charge in [0.15, 0.2) is 5.82 Å². The van der Waals surface area contributed by atoms with Crippen molar-refractivity contribution < 1.29 is 9.26 Å². The average Bonchev–Trinajstić information content (AvgIpc) is 2.98. The number of ether oxygens (including phenoxy) is 1. The second kappa shape index (κ2) is 5.40. The summed E-state index contributed by atoms with van der Waals surface area (Å²) in [4.78, 5) is 4.48. The lowest BCUT2D eigenvalue weighted by Gasteiger charge is -2.18.